The van der Waals surface area contributed by atoms with Crippen LogP contribution in [0.1, 0.15) is 31.8 Å². The molecular weight excluding hydrogens is 520 g/mol. The smallest absolute Gasteiger partial charge is 0.289 e. The summed E-state index contributed by atoms with van der Waals surface area (Å²) in [6.07, 6.45) is 0. The molecule has 18 heteroatoms. The van der Waals surface area contributed by atoms with Gasteiger partial charge in [0.25, 0.3) is 40.5 Å². The van der Waals surface area contributed by atoms with E-state index in [1.165, 1.54) is 0 Å². The van der Waals surface area contributed by atoms with E-state index in [4.69, 9.17) is 0 Å². The molecule has 0 radical (unpaired) electrons. The molecule has 0 unspecified atom stereocenters. The Bertz CT molecular complexity index is 1430. The summed E-state index contributed by atoms with van der Waals surface area (Å²) in [4.78, 5) is 19.7. The van der Waals surface area contributed by atoms with E-state index in [0.29, 0.717) is 0 Å². The lowest BCUT2D eigenvalue weighted by molar-refractivity contribution is 0.0978. The van der Waals surface area contributed by atoms with Crippen molar-refractivity contribution in [2.24, 2.45) is 0 Å². The molecule has 0 heterocycles. The third kappa shape index (κ3) is 3.97. The summed E-state index contributed by atoms with van der Waals surface area (Å²) in [6, 6.07) is 0.947. The minimum Gasteiger partial charge on any atom is -0.289 e. The first-order valence-corrected chi connectivity index (χ1v) is 13.4. The van der Waals surface area contributed by atoms with Crippen molar-refractivity contribution >= 4 is 52.0 Å². The van der Waals surface area contributed by atoms with E-state index in [1.807, 2.05) is 0 Å². The van der Waals surface area contributed by atoms with Crippen LogP contribution in [0.15, 0.2) is 43.8 Å². The SMILES string of the molecule is O=C1c2cc(S(=O)(=O)O)c(S(=O)(=O)O)cc2C(=O)c2cc(S(=O)(=O)O)c(S(=O)(=O)O)cc21. The Hall–Kier alpha value is -2.58. The minimum absolute atomic E-state index is 0.237. The summed E-state index contributed by atoms with van der Waals surface area (Å²) in [7, 11) is -21.5. The van der Waals surface area contributed by atoms with Gasteiger partial charge in [0.1, 0.15) is 19.6 Å². The van der Waals surface area contributed by atoms with E-state index < -0.39 is 93.9 Å². The Morgan fingerprint density at radius 1 is 0.406 bits per heavy atom. The molecule has 0 bridgehead atoms. The Morgan fingerprint density at radius 2 is 0.562 bits per heavy atom. The van der Waals surface area contributed by atoms with Gasteiger partial charge in [-0.25, -0.2) is 0 Å². The summed E-state index contributed by atoms with van der Waals surface area (Å²) in [5.41, 5.74) is -3.43. The molecule has 0 aliphatic heterocycles. The summed E-state index contributed by atoms with van der Waals surface area (Å²) in [5.74, 6) is -2.68. The van der Waals surface area contributed by atoms with E-state index in [9.17, 15) is 61.5 Å². The maximum absolute atomic E-state index is 12.8. The average molecular weight is 528 g/mol. The van der Waals surface area contributed by atoms with E-state index >= 15 is 0 Å². The highest BCUT2D eigenvalue weighted by atomic mass is 32.2. The molecule has 0 aromatic heterocycles. The Balaban J connectivity index is 2.49. The second kappa shape index (κ2) is 6.96. The fraction of sp³-hybridized carbons (Fsp3) is 0. The van der Waals surface area contributed by atoms with Gasteiger partial charge in [0, 0.05) is 22.3 Å². The first-order valence-electron chi connectivity index (χ1n) is 7.60. The van der Waals surface area contributed by atoms with Crippen LogP contribution in [0.4, 0.5) is 0 Å². The third-order valence-electron chi connectivity index (χ3n) is 4.26. The topological polar surface area (TPSA) is 252 Å². The summed E-state index contributed by atoms with van der Waals surface area (Å²) >= 11 is 0. The zero-order valence-corrected chi connectivity index (χ0v) is 18.1. The molecule has 2 aromatic rings. The molecule has 0 atom stereocenters. The van der Waals surface area contributed by atoms with Crippen LogP contribution in [0.3, 0.4) is 0 Å². The minimum atomic E-state index is -5.38. The molecule has 1 aliphatic carbocycles. The number of rotatable bonds is 4. The van der Waals surface area contributed by atoms with Crippen molar-refractivity contribution in [2.45, 2.75) is 19.6 Å². The quantitative estimate of drug-likeness (QED) is 0.310. The van der Waals surface area contributed by atoms with Gasteiger partial charge in [-0.05, 0) is 24.3 Å². The van der Waals surface area contributed by atoms with Crippen molar-refractivity contribution in [2.75, 3.05) is 0 Å². The second-order valence-corrected chi connectivity index (χ2v) is 11.8. The van der Waals surface area contributed by atoms with Crippen LogP contribution < -0.4 is 0 Å². The molecule has 0 saturated heterocycles. The zero-order chi connectivity index (χ0) is 24.6. The number of benzene rings is 2. The van der Waals surface area contributed by atoms with E-state index in [2.05, 4.69) is 0 Å². The molecule has 0 saturated carbocycles. The van der Waals surface area contributed by atoms with Gasteiger partial charge >= 0.3 is 0 Å². The van der Waals surface area contributed by atoms with Crippen molar-refractivity contribution in [1.29, 1.82) is 0 Å². The lowest BCUT2D eigenvalue weighted by Gasteiger charge is -2.20. The number of hydrogen-bond donors (Lipinski definition) is 4. The van der Waals surface area contributed by atoms with Crippen molar-refractivity contribution < 1.29 is 61.5 Å². The van der Waals surface area contributed by atoms with Crippen LogP contribution in [0.2, 0.25) is 0 Å². The molecule has 172 valence electrons. The normalized spacial score (nSPS) is 14.8. The van der Waals surface area contributed by atoms with Crippen molar-refractivity contribution in [3.8, 4) is 0 Å². The molecule has 0 fully saturated rings. The lowest BCUT2D eigenvalue weighted by atomic mass is 9.84. The van der Waals surface area contributed by atoms with Gasteiger partial charge in [-0.1, -0.05) is 0 Å². The largest absolute Gasteiger partial charge is 0.295 e. The Labute approximate surface area is 179 Å². The number of fused-ring (bicyclic) bond motifs is 2. The number of ketones is 2. The fourth-order valence-electron chi connectivity index (χ4n) is 2.97. The van der Waals surface area contributed by atoms with Crippen LogP contribution in [0, 0.1) is 0 Å². The predicted molar refractivity (Wildman–Crippen MR) is 99.0 cm³/mol. The van der Waals surface area contributed by atoms with Crippen LogP contribution in [-0.2, 0) is 40.5 Å². The molecule has 0 amide bonds. The van der Waals surface area contributed by atoms with E-state index in [0.717, 1.165) is 0 Å². The maximum Gasteiger partial charge on any atom is 0.295 e. The van der Waals surface area contributed by atoms with E-state index in [1.54, 1.807) is 0 Å². The third-order valence-corrected chi connectivity index (χ3v) is 8.09. The molecule has 14 nitrogen and oxygen atoms in total. The zero-order valence-electron chi connectivity index (χ0n) is 14.8. The van der Waals surface area contributed by atoms with Crippen molar-refractivity contribution in [3.63, 3.8) is 0 Å². The first kappa shape index (κ1) is 24.1. The number of carbonyl (C=O) groups excluding carboxylic acids is 2. The monoisotopic (exact) mass is 528 g/mol. The maximum atomic E-state index is 12.8. The molecule has 32 heavy (non-hydrogen) atoms. The molecule has 1 aliphatic rings. The van der Waals surface area contributed by atoms with Gasteiger partial charge < -0.3 is 0 Å². The van der Waals surface area contributed by atoms with Gasteiger partial charge in [0.2, 0.25) is 0 Å². The van der Waals surface area contributed by atoms with Crippen LogP contribution in [0.5, 0.6) is 0 Å². The van der Waals surface area contributed by atoms with Crippen LogP contribution in [0.25, 0.3) is 0 Å². The standard InChI is InChI=1S/C14H8O14S4/c15-13-5-1-9(29(17,18)19)10(30(20,21)22)2-6(5)14(16)8-4-12(32(26,27)28)11(3-7(8)13)31(23,24)25/h1-4H,(H,17,18,19)(H,20,21,22)(H,23,24,25)(H,26,27,28). The van der Waals surface area contributed by atoms with Gasteiger partial charge in [-0.15, -0.1) is 0 Å². The predicted octanol–water partition coefficient (Wildman–Crippen LogP) is -0.551. The van der Waals surface area contributed by atoms with Gasteiger partial charge in [-0.2, -0.15) is 33.7 Å². The molecular formula is C14H8O14S4. The summed E-state index contributed by atoms with van der Waals surface area (Å²) in [6.45, 7) is 0. The Morgan fingerprint density at radius 3 is 0.688 bits per heavy atom. The van der Waals surface area contributed by atoms with Gasteiger partial charge in [0.05, 0.1) is 0 Å². The van der Waals surface area contributed by atoms with Crippen LogP contribution >= 0.6 is 0 Å². The van der Waals surface area contributed by atoms with Crippen molar-refractivity contribution in [3.05, 3.63) is 46.5 Å². The molecule has 2 aromatic carbocycles. The fourth-order valence-corrected chi connectivity index (χ4v) is 6.55. The second-order valence-electron chi connectivity index (χ2n) is 6.25. The molecule has 0 spiro atoms. The highest BCUT2D eigenvalue weighted by molar-refractivity contribution is 7.89. The first-order chi connectivity index (χ1) is 14.2. The number of carbonyl (C=O) groups is 2. The highest BCUT2D eigenvalue weighted by Gasteiger charge is 2.38. The Kier molecular flexibility index (Phi) is 5.23. The van der Waals surface area contributed by atoms with Crippen LogP contribution in [-0.4, -0.2) is 63.4 Å². The van der Waals surface area contributed by atoms with Crippen molar-refractivity contribution in [1.82, 2.24) is 0 Å². The molecule has 3 rings (SSSR count). The summed E-state index contributed by atoms with van der Waals surface area (Å²) < 4.78 is 129. The van der Waals surface area contributed by atoms with Gasteiger partial charge in [-0.3, -0.25) is 27.8 Å². The highest BCUT2D eigenvalue weighted by Crippen LogP contribution is 2.35. The lowest BCUT2D eigenvalue weighted by Crippen LogP contribution is -2.24. The summed E-state index contributed by atoms with van der Waals surface area (Å²) in [5, 5.41) is 0. The number of hydrogen-bond acceptors (Lipinski definition) is 10. The molecule has 4 N–H and O–H groups in total. The van der Waals surface area contributed by atoms with Gasteiger partial charge in [0.15, 0.2) is 11.6 Å². The van der Waals surface area contributed by atoms with E-state index in [-0.39, 0.29) is 24.3 Å². The average Bonchev–Trinajstić information content (AvgIpc) is 2.61.